The van der Waals surface area contributed by atoms with Gasteiger partial charge in [0, 0.05) is 22.6 Å². The molecule has 1 aromatic rings. The monoisotopic (exact) mass is 340 g/mol. The maximum Gasteiger partial charge on any atom is 0.234 e. The van der Waals surface area contributed by atoms with Crippen LogP contribution in [0.1, 0.15) is 44.2 Å². The topological polar surface area (TPSA) is 32.3 Å². The number of hydrogen-bond acceptors (Lipinski definition) is 2. The molecule has 1 N–H and O–H groups in total. The Morgan fingerprint density at radius 2 is 2.05 bits per heavy atom. The van der Waals surface area contributed by atoms with E-state index in [9.17, 15) is 4.79 Å². The minimum atomic E-state index is -0.112. The van der Waals surface area contributed by atoms with E-state index in [1.165, 1.54) is 25.7 Å². The van der Waals surface area contributed by atoms with Gasteiger partial charge in [0.25, 0.3) is 0 Å². The number of nitrogens with one attached hydrogen (secondary N) is 1. The fraction of sp³-hybridized carbons (Fsp3) is 0.588. The molecule has 0 aliphatic heterocycles. The Bertz CT molecular complexity index is 556. The number of rotatable bonds is 7. The molecule has 1 aromatic carbocycles. The summed E-state index contributed by atoms with van der Waals surface area (Å²) in [6.07, 6.45) is 5.11. The summed E-state index contributed by atoms with van der Waals surface area (Å²) in [7, 11) is 0. The Hall–Kier alpha value is -0.770. The Morgan fingerprint density at radius 1 is 1.32 bits per heavy atom. The summed E-state index contributed by atoms with van der Waals surface area (Å²) in [5.74, 6) is 0.891. The van der Waals surface area contributed by atoms with Gasteiger partial charge in [0.2, 0.25) is 5.91 Å². The van der Waals surface area contributed by atoms with Crippen molar-refractivity contribution in [3.05, 3.63) is 33.8 Å². The number of halogens is 2. The molecule has 22 heavy (non-hydrogen) atoms. The van der Waals surface area contributed by atoms with Crippen LogP contribution in [0.5, 0.6) is 0 Å². The predicted molar refractivity (Wildman–Crippen MR) is 90.3 cm³/mol. The minimum Gasteiger partial charge on any atom is -0.348 e. The van der Waals surface area contributed by atoms with Gasteiger partial charge < -0.3 is 5.32 Å². The summed E-state index contributed by atoms with van der Waals surface area (Å²) >= 11 is 12.1. The lowest BCUT2D eigenvalue weighted by molar-refractivity contribution is -0.123. The van der Waals surface area contributed by atoms with Gasteiger partial charge in [-0.2, -0.15) is 0 Å². The second-order valence-electron chi connectivity index (χ2n) is 6.56. The zero-order valence-corrected chi connectivity index (χ0v) is 14.3. The maximum absolute atomic E-state index is 12.3. The molecule has 0 heterocycles. The average molecular weight is 341 g/mol. The van der Waals surface area contributed by atoms with Crippen LogP contribution in [0.25, 0.3) is 0 Å². The molecule has 120 valence electrons. The second-order valence-corrected chi connectivity index (χ2v) is 7.40. The SMILES string of the molecule is CC(NC(=O)CN(CC1CC1)C1CC1)c1ccc(Cl)cc1Cl. The third-order valence-corrected chi connectivity index (χ3v) is 4.97. The maximum atomic E-state index is 12.3. The zero-order valence-electron chi connectivity index (χ0n) is 12.8. The van der Waals surface area contributed by atoms with Crippen LogP contribution in [0.15, 0.2) is 18.2 Å². The Labute approximate surface area is 142 Å². The summed E-state index contributed by atoms with van der Waals surface area (Å²) in [4.78, 5) is 14.7. The van der Waals surface area contributed by atoms with Crippen LogP contribution in [0.3, 0.4) is 0 Å². The van der Waals surface area contributed by atoms with Crippen molar-refractivity contribution in [1.29, 1.82) is 0 Å². The second kappa shape index (κ2) is 6.77. The molecule has 0 radical (unpaired) electrons. The number of benzene rings is 1. The van der Waals surface area contributed by atoms with Crippen molar-refractivity contribution >= 4 is 29.1 Å². The minimum absolute atomic E-state index is 0.0751. The van der Waals surface area contributed by atoms with Crippen LogP contribution in [-0.4, -0.2) is 29.9 Å². The van der Waals surface area contributed by atoms with Gasteiger partial charge in [0.15, 0.2) is 0 Å². The Kier molecular flexibility index (Phi) is 4.96. The Morgan fingerprint density at radius 3 is 2.64 bits per heavy atom. The predicted octanol–water partition coefficient (Wildman–Crippen LogP) is 4.05. The van der Waals surface area contributed by atoms with Crippen molar-refractivity contribution in [2.24, 2.45) is 5.92 Å². The summed E-state index contributed by atoms with van der Waals surface area (Å²) < 4.78 is 0. The number of amides is 1. The first-order chi connectivity index (χ1) is 10.5. The van der Waals surface area contributed by atoms with E-state index >= 15 is 0 Å². The van der Waals surface area contributed by atoms with Crippen LogP contribution < -0.4 is 5.32 Å². The molecule has 3 nitrogen and oxygen atoms in total. The number of carbonyl (C=O) groups is 1. The normalized spacial score (nSPS) is 19.3. The zero-order chi connectivity index (χ0) is 15.7. The molecule has 1 atom stereocenters. The molecule has 0 bridgehead atoms. The van der Waals surface area contributed by atoms with Gasteiger partial charge in [-0.3, -0.25) is 9.69 Å². The first-order valence-electron chi connectivity index (χ1n) is 8.01. The molecule has 2 aliphatic carbocycles. The highest BCUT2D eigenvalue weighted by molar-refractivity contribution is 6.35. The lowest BCUT2D eigenvalue weighted by atomic mass is 10.1. The van der Waals surface area contributed by atoms with Crippen molar-refractivity contribution in [2.75, 3.05) is 13.1 Å². The highest BCUT2D eigenvalue weighted by Gasteiger charge is 2.34. The molecule has 3 rings (SSSR count). The van der Waals surface area contributed by atoms with Gasteiger partial charge in [-0.15, -0.1) is 0 Å². The highest BCUT2D eigenvalue weighted by Crippen LogP contribution is 2.34. The standard InChI is InChI=1S/C17H22Cl2N2O/c1-11(15-7-4-13(18)8-16(15)19)20-17(22)10-21(14-5-6-14)9-12-2-3-12/h4,7-8,11-12,14H,2-3,5-6,9-10H2,1H3,(H,20,22). The molecule has 0 spiro atoms. The van der Waals surface area contributed by atoms with Gasteiger partial charge >= 0.3 is 0 Å². The fourth-order valence-electron chi connectivity index (χ4n) is 2.82. The van der Waals surface area contributed by atoms with Crippen LogP contribution in [0.4, 0.5) is 0 Å². The summed E-state index contributed by atoms with van der Waals surface area (Å²) in [6, 6.07) is 5.90. The molecule has 2 saturated carbocycles. The van der Waals surface area contributed by atoms with Gasteiger partial charge in [0.1, 0.15) is 0 Å². The summed E-state index contributed by atoms with van der Waals surface area (Å²) in [5, 5.41) is 4.26. The average Bonchev–Trinajstić information content (AvgIpc) is 3.32. The van der Waals surface area contributed by atoms with E-state index in [-0.39, 0.29) is 11.9 Å². The van der Waals surface area contributed by atoms with Crippen molar-refractivity contribution in [2.45, 2.75) is 44.7 Å². The van der Waals surface area contributed by atoms with Crippen molar-refractivity contribution in [3.8, 4) is 0 Å². The van der Waals surface area contributed by atoms with Crippen molar-refractivity contribution < 1.29 is 4.79 Å². The third-order valence-electron chi connectivity index (χ3n) is 4.41. The van der Waals surface area contributed by atoms with E-state index in [0.717, 1.165) is 18.0 Å². The van der Waals surface area contributed by atoms with E-state index in [1.54, 1.807) is 12.1 Å². The molecule has 2 aliphatic rings. The molecular weight excluding hydrogens is 319 g/mol. The molecule has 0 saturated heterocycles. The molecule has 1 unspecified atom stereocenters. The summed E-state index contributed by atoms with van der Waals surface area (Å²) in [6.45, 7) is 3.53. The smallest absolute Gasteiger partial charge is 0.234 e. The van der Waals surface area contributed by atoms with Crippen molar-refractivity contribution in [3.63, 3.8) is 0 Å². The number of nitrogens with zero attached hydrogens (tertiary/aromatic N) is 1. The van der Waals surface area contributed by atoms with Crippen LogP contribution in [0, 0.1) is 5.92 Å². The molecule has 0 aromatic heterocycles. The van der Waals surface area contributed by atoms with E-state index in [4.69, 9.17) is 23.2 Å². The van der Waals surface area contributed by atoms with E-state index < -0.39 is 0 Å². The third kappa shape index (κ3) is 4.37. The van der Waals surface area contributed by atoms with Crippen molar-refractivity contribution in [1.82, 2.24) is 10.2 Å². The molecule has 2 fully saturated rings. The van der Waals surface area contributed by atoms with E-state index in [2.05, 4.69) is 10.2 Å². The van der Waals surface area contributed by atoms with Gasteiger partial charge in [0.05, 0.1) is 12.6 Å². The Balaban J connectivity index is 1.55. The van der Waals surface area contributed by atoms with Crippen LogP contribution in [-0.2, 0) is 4.79 Å². The van der Waals surface area contributed by atoms with Crippen LogP contribution >= 0.6 is 23.2 Å². The quantitative estimate of drug-likeness (QED) is 0.812. The van der Waals surface area contributed by atoms with Gasteiger partial charge in [-0.25, -0.2) is 0 Å². The van der Waals surface area contributed by atoms with Gasteiger partial charge in [-0.1, -0.05) is 29.3 Å². The summed E-state index contributed by atoms with van der Waals surface area (Å²) in [5.41, 5.74) is 0.902. The van der Waals surface area contributed by atoms with E-state index in [0.29, 0.717) is 22.6 Å². The van der Waals surface area contributed by atoms with Gasteiger partial charge in [-0.05, 0) is 56.2 Å². The lowest BCUT2D eigenvalue weighted by Gasteiger charge is -2.23. The van der Waals surface area contributed by atoms with E-state index in [1.807, 2.05) is 13.0 Å². The molecule has 5 heteroatoms. The fourth-order valence-corrected chi connectivity index (χ4v) is 3.39. The molecular formula is C17H22Cl2N2O. The number of carbonyl (C=O) groups excluding carboxylic acids is 1. The lowest BCUT2D eigenvalue weighted by Crippen LogP contribution is -2.40. The first kappa shape index (κ1) is 16.1. The first-order valence-corrected chi connectivity index (χ1v) is 8.77. The van der Waals surface area contributed by atoms with Crippen LogP contribution in [0.2, 0.25) is 10.0 Å². The molecule has 1 amide bonds. The number of hydrogen-bond donors (Lipinski definition) is 1. The largest absolute Gasteiger partial charge is 0.348 e. The highest BCUT2D eigenvalue weighted by atomic mass is 35.5.